The lowest BCUT2D eigenvalue weighted by Crippen LogP contribution is -2.47. The number of amides is 3. The SMILES string of the molecule is O=C1N[C@]2(CCOc3ccccc32)C(=O)N1Cc1nnc(-c2ccccc2Br)o1. The zero-order valence-electron chi connectivity index (χ0n) is 15.1. The van der Waals surface area contributed by atoms with Gasteiger partial charge in [-0.15, -0.1) is 10.2 Å². The van der Waals surface area contributed by atoms with Crippen molar-refractivity contribution in [1.29, 1.82) is 0 Å². The fraction of sp³-hybridized carbons (Fsp3) is 0.200. The Bertz CT molecular complexity index is 1130. The van der Waals surface area contributed by atoms with Crippen molar-refractivity contribution < 1.29 is 18.7 Å². The molecule has 3 heterocycles. The van der Waals surface area contributed by atoms with Gasteiger partial charge < -0.3 is 14.5 Å². The molecule has 0 radical (unpaired) electrons. The smallest absolute Gasteiger partial charge is 0.325 e. The number of benzene rings is 2. The van der Waals surface area contributed by atoms with Crippen LogP contribution in [0.4, 0.5) is 4.79 Å². The van der Waals surface area contributed by atoms with E-state index in [0.717, 1.165) is 14.9 Å². The van der Waals surface area contributed by atoms with E-state index in [0.29, 0.717) is 30.2 Å². The first-order valence-corrected chi connectivity index (χ1v) is 9.81. The molecule has 1 fully saturated rings. The number of aromatic nitrogens is 2. The lowest BCUT2D eigenvalue weighted by Gasteiger charge is -2.33. The summed E-state index contributed by atoms with van der Waals surface area (Å²) in [7, 11) is 0. The Labute approximate surface area is 174 Å². The molecule has 0 saturated carbocycles. The third-order valence-corrected chi connectivity index (χ3v) is 5.81. The predicted molar refractivity (Wildman–Crippen MR) is 105 cm³/mol. The second kappa shape index (κ2) is 6.70. The van der Waals surface area contributed by atoms with Crippen LogP contribution in [0.3, 0.4) is 0 Å². The number of imide groups is 1. The van der Waals surface area contributed by atoms with Gasteiger partial charge in [-0.25, -0.2) is 4.79 Å². The van der Waals surface area contributed by atoms with Gasteiger partial charge in [-0.05, 0) is 34.1 Å². The van der Waals surface area contributed by atoms with Crippen LogP contribution in [0, 0.1) is 0 Å². The van der Waals surface area contributed by atoms with Crippen LogP contribution in [0.5, 0.6) is 5.75 Å². The Kier molecular flexibility index (Phi) is 4.13. The molecular weight excluding hydrogens is 440 g/mol. The fourth-order valence-corrected chi connectivity index (χ4v) is 4.17. The van der Waals surface area contributed by atoms with Crippen molar-refractivity contribution in [2.75, 3.05) is 6.61 Å². The molecule has 9 heteroatoms. The normalized spacial score (nSPS) is 20.5. The highest BCUT2D eigenvalue weighted by atomic mass is 79.9. The van der Waals surface area contributed by atoms with Crippen molar-refractivity contribution in [3.8, 4) is 17.2 Å². The summed E-state index contributed by atoms with van der Waals surface area (Å²) in [6.45, 7) is 0.233. The van der Waals surface area contributed by atoms with E-state index in [1.807, 2.05) is 36.4 Å². The second-order valence-electron chi connectivity index (χ2n) is 6.80. The number of urea groups is 1. The van der Waals surface area contributed by atoms with Crippen LogP contribution in [-0.2, 0) is 16.9 Å². The molecule has 1 N–H and O–H groups in total. The van der Waals surface area contributed by atoms with Gasteiger partial charge in [-0.2, -0.15) is 0 Å². The molecule has 0 bridgehead atoms. The molecule has 2 aliphatic heterocycles. The van der Waals surface area contributed by atoms with E-state index in [1.54, 1.807) is 12.1 Å². The molecule has 1 aromatic heterocycles. The lowest BCUT2D eigenvalue weighted by molar-refractivity contribution is -0.133. The van der Waals surface area contributed by atoms with Gasteiger partial charge in [0.05, 0.1) is 12.2 Å². The van der Waals surface area contributed by atoms with E-state index in [4.69, 9.17) is 9.15 Å². The summed E-state index contributed by atoms with van der Waals surface area (Å²) >= 11 is 3.44. The van der Waals surface area contributed by atoms with Crippen LogP contribution in [0.2, 0.25) is 0 Å². The third-order valence-electron chi connectivity index (χ3n) is 5.12. The van der Waals surface area contributed by atoms with Gasteiger partial charge in [0.25, 0.3) is 5.91 Å². The van der Waals surface area contributed by atoms with E-state index in [1.165, 1.54) is 0 Å². The molecule has 3 aromatic rings. The first-order chi connectivity index (χ1) is 14.1. The topological polar surface area (TPSA) is 97.6 Å². The molecule has 5 rings (SSSR count). The van der Waals surface area contributed by atoms with Crippen LogP contribution in [0.15, 0.2) is 57.4 Å². The first kappa shape index (κ1) is 17.9. The number of ether oxygens (including phenoxy) is 1. The quantitative estimate of drug-likeness (QED) is 0.610. The van der Waals surface area contributed by atoms with Crippen LogP contribution in [0.1, 0.15) is 17.9 Å². The molecule has 3 amide bonds. The lowest BCUT2D eigenvalue weighted by atomic mass is 9.84. The maximum atomic E-state index is 13.3. The van der Waals surface area contributed by atoms with E-state index in [9.17, 15) is 9.59 Å². The first-order valence-electron chi connectivity index (χ1n) is 9.02. The number of nitrogens with zero attached hydrogens (tertiary/aromatic N) is 3. The number of fused-ring (bicyclic) bond motifs is 2. The number of hydrogen-bond acceptors (Lipinski definition) is 6. The highest BCUT2D eigenvalue weighted by molar-refractivity contribution is 9.10. The molecular formula is C20H15BrN4O4. The summed E-state index contributed by atoms with van der Waals surface area (Å²) < 4.78 is 12.2. The van der Waals surface area contributed by atoms with Crippen LogP contribution in [0.25, 0.3) is 11.5 Å². The minimum atomic E-state index is -1.13. The minimum Gasteiger partial charge on any atom is -0.493 e. The van der Waals surface area contributed by atoms with Gasteiger partial charge in [0, 0.05) is 16.5 Å². The average molecular weight is 455 g/mol. The van der Waals surface area contributed by atoms with Gasteiger partial charge in [0.2, 0.25) is 11.8 Å². The van der Waals surface area contributed by atoms with Gasteiger partial charge in [-0.3, -0.25) is 9.69 Å². The van der Waals surface area contributed by atoms with Crippen molar-refractivity contribution in [3.05, 3.63) is 64.5 Å². The number of carbonyl (C=O) groups is 2. The predicted octanol–water partition coefficient (Wildman–Crippen LogP) is 3.23. The summed E-state index contributed by atoms with van der Waals surface area (Å²) in [6, 6.07) is 14.2. The van der Waals surface area contributed by atoms with Crippen LogP contribution >= 0.6 is 15.9 Å². The van der Waals surface area contributed by atoms with Gasteiger partial charge in [0.15, 0.2) is 5.54 Å². The number of rotatable bonds is 3. The largest absolute Gasteiger partial charge is 0.493 e. The molecule has 0 unspecified atom stereocenters. The highest BCUT2D eigenvalue weighted by Crippen LogP contribution is 2.41. The highest BCUT2D eigenvalue weighted by Gasteiger charge is 2.55. The average Bonchev–Trinajstić information content (AvgIpc) is 3.28. The van der Waals surface area contributed by atoms with Crippen molar-refractivity contribution >= 4 is 27.9 Å². The van der Waals surface area contributed by atoms with E-state index in [2.05, 4.69) is 31.4 Å². The second-order valence-corrected chi connectivity index (χ2v) is 7.66. The summed E-state index contributed by atoms with van der Waals surface area (Å²) in [6.07, 6.45) is 0.358. The van der Waals surface area contributed by atoms with Crippen molar-refractivity contribution in [3.63, 3.8) is 0 Å². The summed E-state index contributed by atoms with van der Waals surface area (Å²) in [4.78, 5) is 27.0. The Morgan fingerprint density at radius 3 is 2.76 bits per heavy atom. The summed E-state index contributed by atoms with van der Waals surface area (Å²) in [5.74, 6) is 0.740. The number of nitrogens with one attached hydrogen (secondary N) is 1. The Morgan fingerprint density at radius 1 is 1.10 bits per heavy atom. The van der Waals surface area contributed by atoms with Crippen LogP contribution in [-0.4, -0.2) is 33.6 Å². The number of carbonyl (C=O) groups excluding carboxylic acids is 2. The zero-order chi connectivity index (χ0) is 20.0. The molecule has 2 aromatic carbocycles. The number of para-hydroxylation sites is 1. The molecule has 0 aliphatic carbocycles. The number of hydrogen-bond donors (Lipinski definition) is 1. The maximum Gasteiger partial charge on any atom is 0.325 e. The van der Waals surface area contributed by atoms with Crippen molar-refractivity contribution in [2.24, 2.45) is 0 Å². The molecule has 2 aliphatic rings. The van der Waals surface area contributed by atoms with Crippen molar-refractivity contribution in [1.82, 2.24) is 20.4 Å². The third kappa shape index (κ3) is 2.80. The van der Waals surface area contributed by atoms with Gasteiger partial charge >= 0.3 is 6.03 Å². The Morgan fingerprint density at radius 2 is 1.90 bits per heavy atom. The number of halogens is 1. The van der Waals surface area contributed by atoms with Gasteiger partial charge in [0.1, 0.15) is 12.3 Å². The van der Waals surface area contributed by atoms with Gasteiger partial charge in [-0.1, -0.05) is 30.3 Å². The monoisotopic (exact) mass is 454 g/mol. The summed E-state index contributed by atoms with van der Waals surface area (Å²) in [5.41, 5.74) is 0.266. The van der Waals surface area contributed by atoms with E-state index in [-0.39, 0.29) is 18.3 Å². The standard InChI is InChI=1S/C20H15BrN4O4/c21-14-7-3-1-5-12(14)17-24-23-16(29-17)11-25-18(26)20(22-19(25)27)9-10-28-15-8-4-2-6-13(15)20/h1-8H,9-11H2,(H,22,27)/t20-/m0/s1. The maximum absolute atomic E-state index is 13.3. The summed E-state index contributed by atoms with van der Waals surface area (Å²) in [5, 5.41) is 10.9. The molecule has 1 saturated heterocycles. The fourth-order valence-electron chi connectivity index (χ4n) is 3.71. The van der Waals surface area contributed by atoms with Crippen molar-refractivity contribution in [2.45, 2.75) is 18.5 Å². The van der Waals surface area contributed by atoms with Crippen LogP contribution < -0.4 is 10.1 Å². The van der Waals surface area contributed by atoms with E-state index < -0.39 is 11.6 Å². The zero-order valence-corrected chi connectivity index (χ0v) is 16.7. The molecule has 146 valence electrons. The molecule has 1 atom stereocenters. The van der Waals surface area contributed by atoms with E-state index >= 15 is 0 Å². The molecule has 8 nitrogen and oxygen atoms in total. The Balaban J connectivity index is 1.44. The molecule has 1 spiro atoms. The Hall–Kier alpha value is -3.20. The molecule has 29 heavy (non-hydrogen) atoms. The minimum absolute atomic E-state index is 0.104.